The van der Waals surface area contributed by atoms with Gasteiger partial charge in [0.1, 0.15) is 0 Å². The van der Waals surface area contributed by atoms with Crippen molar-refractivity contribution in [1.29, 1.82) is 0 Å². The predicted molar refractivity (Wildman–Crippen MR) is 44.6 cm³/mol. The minimum absolute atomic E-state index is 0.0856. The molecular formula is C9H12O3. The summed E-state index contributed by atoms with van der Waals surface area (Å²) in [6, 6.07) is 0. The van der Waals surface area contributed by atoms with Crippen molar-refractivity contribution < 1.29 is 14.6 Å². The molecule has 3 nitrogen and oxygen atoms in total. The molecule has 3 heteroatoms. The molecule has 1 aliphatic carbocycles. The zero-order valence-electron chi connectivity index (χ0n) is 6.99. The molecule has 0 bridgehead atoms. The monoisotopic (exact) mass is 168 g/mol. The lowest BCUT2D eigenvalue weighted by atomic mass is 9.96. The number of aliphatic carboxylic acids is 1. The maximum Gasteiger partial charge on any atom is 0.303 e. The molecular weight excluding hydrogens is 156 g/mol. The van der Waals surface area contributed by atoms with Crippen molar-refractivity contribution in [3.05, 3.63) is 24.0 Å². The van der Waals surface area contributed by atoms with Crippen LogP contribution in [0.25, 0.3) is 0 Å². The van der Waals surface area contributed by atoms with Gasteiger partial charge in [0, 0.05) is 6.42 Å². The van der Waals surface area contributed by atoms with Gasteiger partial charge in [-0.1, -0.05) is 12.2 Å². The fraction of sp³-hybridized carbons (Fsp3) is 0.444. The summed E-state index contributed by atoms with van der Waals surface area (Å²) in [6.45, 7) is 0. The van der Waals surface area contributed by atoms with E-state index in [-0.39, 0.29) is 12.3 Å². The second kappa shape index (κ2) is 3.95. The Hall–Kier alpha value is -1.25. The smallest absolute Gasteiger partial charge is 0.303 e. The molecule has 1 rings (SSSR count). The van der Waals surface area contributed by atoms with Crippen LogP contribution in [0.1, 0.15) is 12.8 Å². The van der Waals surface area contributed by atoms with Crippen LogP contribution in [0.3, 0.4) is 0 Å². The summed E-state index contributed by atoms with van der Waals surface area (Å²) in [5.74, 6) is 0.174. The van der Waals surface area contributed by atoms with Crippen LogP contribution in [0, 0.1) is 5.92 Å². The number of hydrogen-bond donors (Lipinski definition) is 1. The van der Waals surface area contributed by atoms with Crippen molar-refractivity contribution in [2.24, 2.45) is 5.92 Å². The van der Waals surface area contributed by atoms with Gasteiger partial charge >= 0.3 is 5.97 Å². The van der Waals surface area contributed by atoms with Crippen LogP contribution in [-0.4, -0.2) is 18.2 Å². The van der Waals surface area contributed by atoms with E-state index in [2.05, 4.69) is 0 Å². The molecule has 1 atom stereocenters. The Bertz CT molecular complexity index is 228. The third-order valence-electron chi connectivity index (χ3n) is 1.83. The summed E-state index contributed by atoms with van der Waals surface area (Å²) in [6.07, 6.45) is 6.47. The highest BCUT2D eigenvalue weighted by molar-refractivity contribution is 5.67. The maximum atomic E-state index is 10.4. The third-order valence-corrected chi connectivity index (χ3v) is 1.83. The molecule has 0 aromatic heterocycles. The van der Waals surface area contributed by atoms with Crippen molar-refractivity contribution in [2.75, 3.05) is 7.11 Å². The summed E-state index contributed by atoms with van der Waals surface area (Å²) in [5.41, 5.74) is 0. The molecule has 0 fully saturated rings. The van der Waals surface area contributed by atoms with Gasteiger partial charge in [0.2, 0.25) is 0 Å². The maximum absolute atomic E-state index is 10.4. The van der Waals surface area contributed by atoms with Crippen LogP contribution in [-0.2, 0) is 9.53 Å². The van der Waals surface area contributed by atoms with Crippen LogP contribution in [0.15, 0.2) is 24.0 Å². The minimum Gasteiger partial charge on any atom is -0.501 e. The molecule has 0 spiro atoms. The molecule has 66 valence electrons. The van der Waals surface area contributed by atoms with Gasteiger partial charge in [-0.2, -0.15) is 0 Å². The predicted octanol–water partition coefficient (Wildman–Crippen LogP) is 1.57. The van der Waals surface area contributed by atoms with E-state index in [9.17, 15) is 4.79 Å². The van der Waals surface area contributed by atoms with Gasteiger partial charge in [0.15, 0.2) is 0 Å². The zero-order valence-corrected chi connectivity index (χ0v) is 6.99. The average molecular weight is 168 g/mol. The largest absolute Gasteiger partial charge is 0.501 e. The average Bonchev–Trinajstić information content (AvgIpc) is 2.03. The van der Waals surface area contributed by atoms with Crippen LogP contribution < -0.4 is 0 Å². The Kier molecular flexibility index (Phi) is 2.91. The number of carbonyl (C=O) groups is 1. The first-order valence-corrected chi connectivity index (χ1v) is 3.85. The summed E-state index contributed by atoms with van der Waals surface area (Å²) in [7, 11) is 1.60. The van der Waals surface area contributed by atoms with Gasteiger partial charge in [0.25, 0.3) is 0 Å². The molecule has 0 aromatic carbocycles. The van der Waals surface area contributed by atoms with E-state index in [4.69, 9.17) is 9.84 Å². The van der Waals surface area contributed by atoms with E-state index in [0.29, 0.717) is 6.42 Å². The minimum atomic E-state index is -0.762. The van der Waals surface area contributed by atoms with E-state index in [0.717, 1.165) is 5.76 Å². The summed E-state index contributed by atoms with van der Waals surface area (Å²) < 4.78 is 5.02. The topological polar surface area (TPSA) is 46.5 Å². The highest BCUT2D eigenvalue weighted by atomic mass is 16.5. The van der Waals surface area contributed by atoms with Crippen LogP contribution >= 0.6 is 0 Å². The fourth-order valence-electron chi connectivity index (χ4n) is 1.23. The molecule has 1 aliphatic rings. The molecule has 0 saturated carbocycles. The summed E-state index contributed by atoms with van der Waals surface area (Å²) in [4.78, 5) is 10.4. The first-order chi connectivity index (χ1) is 5.72. The van der Waals surface area contributed by atoms with Gasteiger partial charge in [-0.25, -0.2) is 0 Å². The van der Waals surface area contributed by atoms with Gasteiger partial charge in [0.05, 0.1) is 19.3 Å². The molecule has 0 aromatic rings. The molecule has 0 amide bonds. The van der Waals surface area contributed by atoms with Crippen LogP contribution in [0.2, 0.25) is 0 Å². The molecule has 12 heavy (non-hydrogen) atoms. The molecule has 1 N–H and O–H groups in total. The summed E-state index contributed by atoms with van der Waals surface area (Å²) >= 11 is 0. The Morgan fingerprint density at radius 3 is 3.17 bits per heavy atom. The van der Waals surface area contributed by atoms with Gasteiger partial charge in [-0.15, -0.1) is 0 Å². The number of methoxy groups -OCH3 is 1. The van der Waals surface area contributed by atoms with E-state index in [1.165, 1.54) is 0 Å². The van der Waals surface area contributed by atoms with Gasteiger partial charge in [-0.3, -0.25) is 4.79 Å². The van der Waals surface area contributed by atoms with E-state index in [1.54, 1.807) is 7.11 Å². The number of rotatable bonds is 3. The van der Waals surface area contributed by atoms with Crippen molar-refractivity contribution in [3.8, 4) is 0 Å². The standard InChI is InChI=1S/C9H12O3/c1-12-8-4-2-3-7(5-8)6-9(10)11/h2-4,7H,5-6H2,1H3,(H,10,11). The van der Waals surface area contributed by atoms with Crippen LogP contribution in [0.5, 0.6) is 0 Å². The van der Waals surface area contributed by atoms with Crippen LogP contribution in [0.4, 0.5) is 0 Å². The SMILES string of the molecule is COC1=CC=CC(CC(=O)O)C1. The van der Waals surface area contributed by atoms with Crippen molar-refractivity contribution in [2.45, 2.75) is 12.8 Å². The number of carboxylic acids is 1. The first-order valence-electron chi connectivity index (χ1n) is 3.85. The van der Waals surface area contributed by atoms with E-state index >= 15 is 0 Å². The molecule has 0 radical (unpaired) electrons. The van der Waals surface area contributed by atoms with E-state index < -0.39 is 5.97 Å². The van der Waals surface area contributed by atoms with Gasteiger partial charge < -0.3 is 9.84 Å². The Balaban J connectivity index is 2.47. The molecule has 1 unspecified atom stereocenters. The summed E-state index contributed by atoms with van der Waals surface area (Å²) in [5, 5.41) is 8.53. The fourth-order valence-corrected chi connectivity index (χ4v) is 1.23. The second-order valence-electron chi connectivity index (χ2n) is 2.78. The number of allylic oxidation sites excluding steroid dienone is 4. The van der Waals surface area contributed by atoms with Crippen molar-refractivity contribution in [3.63, 3.8) is 0 Å². The Morgan fingerprint density at radius 2 is 2.58 bits per heavy atom. The lowest BCUT2D eigenvalue weighted by Crippen LogP contribution is -2.09. The number of hydrogen-bond acceptors (Lipinski definition) is 2. The zero-order chi connectivity index (χ0) is 8.97. The lowest BCUT2D eigenvalue weighted by molar-refractivity contribution is -0.137. The molecule has 0 heterocycles. The highest BCUT2D eigenvalue weighted by Crippen LogP contribution is 2.21. The normalized spacial score (nSPS) is 21.8. The highest BCUT2D eigenvalue weighted by Gasteiger charge is 2.14. The first kappa shape index (κ1) is 8.84. The quantitative estimate of drug-likeness (QED) is 0.695. The number of ether oxygens (including phenoxy) is 1. The third kappa shape index (κ3) is 2.42. The Labute approximate surface area is 71.3 Å². The molecule has 0 aliphatic heterocycles. The Morgan fingerprint density at radius 1 is 1.83 bits per heavy atom. The second-order valence-corrected chi connectivity index (χ2v) is 2.78. The van der Waals surface area contributed by atoms with Crippen molar-refractivity contribution >= 4 is 5.97 Å². The number of carboxylic acid groups (broad SMARTS) is 1. The van der Waals surface area contributed by atoms with E-state index in [1.807, 2.05) is 18.2 Å². The van der Waals surface area contributed by atoms with Crippen molar-refractivity contribution in [1.82, 2.24) is 0 Å². The van der Waals surface area contributed by atoms with Gasteiger partial charge in [-0.05, 0) is 12.0 Å². The molecule has 0 saturated heterocycles. The lowest BCUT2D eigenvalue weighted by Gasteiger charge is -2.15.